The van der Waals surface area contributed by atoms with Crippen molar-refractivity contribution in [2.75, 3.05) is 17.2 Å². The molecule has 0 fully saturated rings. The van der Waals surface area contributed by atoms with Crippen LogP contribution in [-0.2, 0) is 6.18 Å². The predicted molar refractivity (Wildman–Crippen MR) is 93.8 cm³/mol. The van der Waals surface area contributed by atoms with E-state index in [2.05, 4.69) is 36.5 Å². The van der Waals surface area contributed by atoms with E-state index in [-0.39, 0.29) is 34.5 Å². The van der Waals surface area contributed by atoms with Gasteiger partial charge in [0.1, 0.15) is 11.6 Å². The Kier molecular flexibility index (Phi) is 6.40. The van der Waals surface area contributed by atoms with Crippen LogP contribution in [0.5, 0.6) is 0 Å². The highest BCUT2D eigenvalue weighted by atomic mass is 79.9. The van der Waals surface area contributed by atoms with Gasteiger partial charge in [0.15, 0.2) is 5.69 Å². The van der Waals surface area contributed by atoms with E-state index in [0.29, 0.717) is 0 Å². The average molecular weight is 437 g/mol. The number of halogens is 5. The van der Waals surface area contributed by atoms with Crippen molar-refractivity contribution in [3.63, 3.8) is 0 Å². The fourth-order valence-corrected chi connectivity index (χ4v) is 2.28. The van der Waals surface area contributed by atoms with E-state index in [1.165, 1.54) is 12.1 Å². The van der Waals surface area contributed by atoms with Crippen molar-refractivity contribution in [2.24, 2.45) is 5.92 Å². The lowest BCUT2D eigenvalue weighted by Gasteiger charge is -2.21. The lowest BCUT2D eigenvalue weighted by molar-refractivity contribution is -0.141. The van der Waals surface area contributed by atoms with Gasteiger partial charge in [-0.25, -0.2) is 9.37 Å². The van der Waals surface area contributed by atoms with Gasteiger partial charge in [-0.15, -0.1) is 0 Å². The molecule has 5 nitrogen and oxygen atoms in total. The van der Waals surface area contributed by atoms with E-state index in [9.17, 15) is 22.7 Å². The van der Waals surface area contributed by atoms with Crippen LogP contribution in [0, 0.1) is 11.7 Å². The quantitative estimate of drug-likeness (QED) is 0.578. The number of nitrogens with zero attached hydrogens (tertiary/aromatic N) is 2. The van der Waals surface area contributed by atoms with Gasteiger partial charge >= 0.3 is 6.18 Å². The molecule has 0 spiro atoms. The molecule has 0 saturated carbocycles. The molecule has 0 aliphatic rings. The second-order valence-corrected chi connectivity index (χ2v) is 6.75. The molecule has 26 heavy (non-hydrogen) atoms. The predicted octanol–water partition coefficient (Wildman–Crippen LogP) is 4.57. The standard InChI is InChI=1S/C16H17BrF4N4O/c1-8(2)12(7-26)23-15-24-13(16(19,20)21)6-14(25-15)22-9-3-4-10(17)11(18)5-9/h3-6,8,12,26H,7H2,1-2H3,(H2,22,23,24,25)/t12-/m1/s1. The van der Waals surface area contributed by atoms with Crippen LogP contribution in [0.4, 0.5) is 35.0 Å². The van der Waals surface area contributed by atoms with Gasteiger partial charge in [-0.1, -0.05) is 13.8 Å². The first-order valence-electron chi connectivity index (χ1n) is 7.66. The third-order valence-electron chi connectivity index (χ3n) is 3.52. The molecule has 2 rings (SSSR count). The van der Waals surface area contributed by atoms with Gasteiger partial charge in [0, 0.05) is 11.8 Å². The molecule has 0 aliphatic carbocycles. The molecule has 0 bridgehead atoms. The highest BCUT2D eigenvalue weighted by Crippen LogP contribution is 2.31. The summed E-state index contributed by atoms with van der Waals surface area (Å²) in [6.45, 7) is 3.30. The molecule has 0 saturated heterocycles. The third-order valence-corrected chi connectivity index (χ3v) is 4.17. The molecule has 142 valence electrons. The highest BCUT2D eigenvalue weighted by molar-refractivity contribution is 9.10. The number of hydrogen-bond donors (Lipinski definition) is 3. The van der Waals surface area contributed by atoms with Crippen LogP contribution >= 0.6 is 15.9 Å². The maximum atomic E-state index is 13.6. The molecule has 1 aromatic heterocycles. The zero-order valence-corrected chi connectivity index (χ0v) is 15.5. The maximum absolute atomic E-state index is 13.6. The first-order valence-corrected chi connectivity index (χ1v) is 8.45. The third kappa shape index (κ3) is 5.28. The maximum Gasteiger partial charge on any atom is 0.433 e. The molecule has 0 amide bonds. The van der Waals surface area contributed by atoms with Crippen molar-refractivity contribution in [3.8, 4) is 0 Å². The fraction of sp³-hybridized carbons (Fsp3) is 0.375. The van der Waals surface area contributed by atoms with E-state index >= 15 is 0 Å². The monoisotopic (exact) mass is 436 g/mol. The molecular weight excluding hydrogens is 420 g/mol. The van der Waals surface area contributed by atoms with Crippen molar-refractivity contribution < 1.29 is 22.7 Å². The molecular formula is C16H17BrF4N4O. The summed E-state index contributed by atoms with van der Waals surface area (Å²) in [5.41, 5.74) is -0.929. The summed E-state index contributed by atoms with van der Waals surface area (Å²) in [6, 6.07) is 4.24. The SMILES string of the molecule is CC(C)[C@@H](CO)Nc1nc(Nc2ccc(Br)c(F)c2)cc(C(F)(F)F)n1. The van der Waals surface area contributed by atoms with Gasteiger partial charge < -0.3 is 15.7 Å². The summed E-state index contributed by atoms with van der Waals surface area (Å²) in [6.07, 6.45) is -4.69. The first-order chi connectivity index (χ1) is 12.1. The van der Waals surface area contributed by atoms with Crippen LogP contribution in [0.2, 0.25) is 0 Å². The van der Waals surface area contributed by atoms with Crippen LogP contribution in [-0.4, -0.2) is 27.7 Å². The minimum atomic E-state index is -4.69. The Morgan fingerprint density at radius 2 is 1.88 bits per heavy atom. The van der Waals surface area contributed by atoms with Gasteiger partial charge in [0.25, 0.3) is 0 Å². The molecule has 1 aromatic carbocycles. The number of hydrogen-bond acceptors (Lipinski definition) is 5. The molecule has 3 N–H and O–H groups in total. The highest BCUT2D eigenvalue weighted by Gasteiger charge is 2.34. The van der Waals surface area contributed by atoms with Crippen LogP contribution in [0.25, 0.3) is 0 Å². The normalized spacial score (nSPS) is 13.0. The molecule has 0 radical (unpaired) electrons. The molecule has 10 heteroatoms. The van der Waals surface area contributed by atoms with E-state index < -0.39 is 23.7 Å². The summed E-state index contributed by atoms with van der Waals surface area (Å²) >= 11 is 3.00. The Labute approximate surface area is 156 Å². The summed E-state index contributed by atoms with van der Waals surface area (Å²) < 4.78 is 53.2. The fourth-order valence-electron chi connectivity index (χ4n) is 2.03. The smallest absolute Gasteiger partial charge is 0.394 e. The van der Waals surface area contributed by atoms with Gasteiger partial charge in [-0.3, -0.25) is 0 Å². The van der Waals surface area contributed by atoms with Crippen molar-refractivity contribution in [2.45, 2.75) is 26.1 Å². The van der Waals surface area contributed by atoms with E-state index in [1.54, 1.807) is 13.8 Å². The number of benzene rings is 1. The van der Waals surface area contributed by atoms with Gasteiger partial charge in [-0.05, 0) is 40.0 Å². The van der Waals surface area contributed by atoms with Crippen molar-refractivity contribution >= 4 is 33.4 Å². The van der Waals surface area contributed by atoms with Crippen molar-refractivity contribution in [3.05, 3.63) is 40.2 Å². The number of aliphatic hydroxyl groups excluding tert-OH is 1. The number of nitrogens with one attached hydrogen (secondary N) is 2. The Hall–Kier alpha value is -1.94. The molecule has 0 aliphatic heterocycles. The van der Waals surface area contributed by atoms with Gasteiger partial charge in [-0.2, -0.15) is 18.2 Å². The number of alkyl halides is 3. The van der Waals surface area contributed by atoms with E-state index in [0.717, 1.165) is 12.1 Å². The number of anilines is 3. The largest absolute Gasteiger partial charge is 0.433 e. The Balaban J connectivity index is 2.38. The summed E-state index contributed by atoms with van der Waals surface area (Å²) in [5.74, 6) is -1.07. The molecule has 1 heterocycles. The number of aliphatic hydroxyl groups is 1. The lowest BCUT2D eigenvalue weighted by atomic mass is 10.1. The van der Waals surface area contributed by atoms with Crippen LogP contribution in [0.3, 0.4) is 0 Å². The van der Waals surface area contributed by atoms with E-state index in [1.807, 2.05) is 0 Å². The summed E-state index contributed by atoms with van der Waals surface area (Å²) in [5, 5.41) is 14.7. The second kappa shape index (κ2) is 8.17. The van der Waals surface area contributed by atoms with Crippen molar-refractivity contribution in [1.29, 1.82) is 0 Å². The van der Waals surface area contributed by atoms with Crippen LogP contribution in [0.1, 0.15) is 19.5 Å². The lowest BCUT2D eigenvalue weighted by Crippen LogP contribution is -2.30. The Bertz CT molecular complexity index is 770. The zero-order chi connectivity index (χ0) is 19.5. The number of aromatic nitrogens is 2. The van der Waals surface area contributed by atoms with Crippen LogP contribution < -0.4 is 10.6 Å². The van der Waals surface area contributed by atoms with Crippen LogP contribution in [0.15, 0.2) is 28.7 Å². The van der Waals surface area contributed by atoms with Gasteiger partial charge in [0.05, 0.1) is 17.1 Å². The van der Waals surface area contributed by atoms with Crippen molar-refractivity contribution in [1.82, 2.24) is 9.97 Å². The summed E-state index contributed by atoms with van der Waals surface area (Å²) in [4.78, 5) is 7.45. The molecule has 0 unspecified atom stereocenters. The first kappa shape index (κ1) is 20.4. The molecule has 1 atom stereocenters. The Morgan fingerprint density at radius 3 is 2.42 bits per heavy atom. The minimum Gasteiger partial charge on any atom is -0.394 e. The second-order valence-electron chi connectivity index (χ2n) is 5.89. The van der Waals surface area contributed by atoms with E-state index in [4.69, 9.17) is 0 Å². The minimum absolute atomic E-state index is 0.0601. The summed E-state index contributed by atoms with van der Waals surface area (Å²) in [7, 11) is 0. The zero-order valence-electron chi connectivity index (χ0n) is 13.9. The average Bonchev–Trinajstić information content (AvgIpc) is 2.55. The Morgan fingerprint density at radius 1 is 1.19 bits per heavy atom. The molecule has 2 aromatic rings. The topological polar surface area (TPSA) is 70.1 Å². The van der Waals surface area contributed by atoms with Gasteiger partial charge in [0.2, 0.25) is 5.95 Å². The number of rotatable bonds is 6.